The van der Waals surface area contributed by atoms with Crippen LogP contribution in [0.1, 0.15) is 27.2 Å². The molecule has 1 aromatic carbocycles. The van der Waals surface area contributed by atoms with Crippen LogP contribution in [0.25, 0.3) is 0 Å². The van der Waals surface area contributed by atoms with E-state index in [2.05, 4.69) is 31.0 Å². The van der Waals surface area contributed by atoms with Gasteiger partial charge in [0, 0.05) is 30.7 Å². The number of ether oxygens (including phenoxy) is 1. The Morgan fingerprint density at radius 2 is 2.21 bits per heavy atom. The maximum Gasteiger partial charge on any atom is 0.121 e. The molecule has 1 unspecified atom stereocenters. The van der Waals surface area contributed by atoms with Gasteiger partial charge in [0.05, 0.1) is 17.8 Å². The summed E-state index contributed by atoms with van der Waals surface area (Å²) in [6.07, 6.45) is 1.09. The van der Waals surface area contributed by atoms with Gasteiger partial charge in [0.15, 0.2) is 0 Å². The molecule has 1 heterocycles. The Morgan fingerprint density at radius 1 is 1.47 bits per heavy atom. The summed E-state index contributed by atoms with van der Waals surface area (Å²) in [5.41, 5.74) is 1.17. The molecule has 0 bridgehead atoms. The van der Waals surface area contributed by atoms with Gasteiger partial charge in [0.1, 0.15) is 5.75 Å². The van der Waals surface area contributed by atoms with Crippen molar-refractivity contribution in [2.75, 3.05) is 25.1 Å². The number of nitrogens with one attached hydrogen (secondary N) is 1. The van der Waals surface area contributed by atoms with Gasteiger partial charge < -0.3 is 15.0 Å². The van der Waals surface area contributed by atoms with Crippen molar-refractivity contribution < 1.29 is 4.74 Å². The van der Waals surface area contributed by atoms with E-state index >= 15 is 0 Å². The Bertz CT molecular complexity index is 448. The first-order valence-electron chi connectivity index (χ1n) is 6.82. The van der Waals surface area contributed by atoms with Gasteiger partial charge in [-0.2, -0.15) is 0 Å². The minimum Gasteiger partial charge on any atom is -0.497 e. The fraction of sp³-hybridized carbons (Fsp3) is 0.600. The van der Waals surface area contributed by atoms with Crippen molar-refractivity contribution in [3.05, 3.63) is 23.2 Å². The SMILES string of the molecule is CCC1CNC(C)(C)CN1c1cc(OC)ccc1Cl. The number of hydrogen-bond donors (Lipinski definition) is 1. The maximum atomic E-state index is 6.38. The summed E-state index contributed by atoms with van der Waals surface area (Å²) in [6.45, 7) is 8.58. The quantitative estimate of drug-likeness (QED) is 0.920. The smallest absolute Gasteiger partial charge is 0.121 e. The molecule has 4 heteroatoms. The van der Waals surface area contributed by atoms with E-state index in [0.29, 0.717) is 6.04 Å². The van der Waals surface area contributed by atoms with Gasteiger partial charge in [-0.1, -0.05) is 18.5 Å². The van der Waals surface area contributed by atoms with Crippen LogP contribution in [0.3, 0.4) is 0 Å². The van der Waals surface area contributed by atoms with Crippen LogP contribution in [-0.2, 0) is 0 Å². The van der Waals surface area contributed by atoms with Crippen LogP contribution >= 0.6 is 11.6 Å². The van der Waals surface area contributed by atoms with Crippen LogP contribution < -0.4 is 15.0 Å². The number of methoxy groups -OCH3 is 1. The van der Waals surface area contributed by atoms with E-state index in [4.69, 9.17) is 16.3 Å². The molecule has 1 aliphatic rings. The summed E-state index contributed by atoms with van der Waals surface area (Å²) in [4.78, 5) is 2.40. The lowest BCUT2D eigenvalue weighted by atomic mass is 9.97. The first kappa shape index (κ1) is 14.5. The van der Waals surface area contributed by atoms with Crippen LogP contribution in [0.15, 0.2) is 18.2 Å². The lowest BCUT2D eigenvalue weighted by Crippen LogP contribution is -2.61. The molecule has 0 saturated carbocycles. The van der Waals surface area contributed by atoms with E-state index in [0.717, 1.165) is 36.0 Å². The fourth-order valence-electron chi connectivity index (χ4n) is 2.60. The third-order valence-corrected chi connectivity index (χ3v) is 4.08. The molecule has 1 saturated heterocycles. The van der Waals surface area contributed by atoms with Crippen molar-refractivity contribution in [2.24, 2.45) is 0 Å². The standard InChI is InChI=1S/C15H23ClN2O/c1-5-11-9-17-15(2,3)10-18(11)14-8-12(19-4)6-7-13(14)16/h6-8,11,17H,5,9-10H2,1-4H3. The number of piperazine rings is 1. The number of halogens is 1. The molecule has 1 aromatic rings. The molecule has 1 N–H and O–H groups in total. The Morgan fingerprint density at radius 3 is 2.84 bits per heavy atom. The van der Waals surface area contributed by atoms with Gasteiger partial charge in [-0.3, -0.25) is 0 Å². The molecule has 3 nitrogen and oxygen atoms in total. The third-order valence-electron chi connectivity index (χ3n) is 3.76. The van der Waals surface area contributed by atoms with Crippen LogP contribution in [0.5, 0.6) is 5.75 Å². The van der Waals surface area contributed by atoms with Crippen LogP contribution in [0.2, 0.25) is 5.02 Å². The van der Waals surface area contributed by atoms with Gasteiger partial charge in [-0.15, -0.1) is 0 Å². The molecule has 1 atom stereocenters. The second-order valence-corrected chi connectivity index (χ2v) is 6.18. The second kappa shape index (κ2) is 5.59. The number of anilines is 1. The molecule has 0 radical (unpaired) electrons. The zero-order chi connectivity index (χ0) is 14.0. The highest BCUT2D eigenvalue weighted by Gasteiger charge is 2.32. The Balaban J connectivity index is 2.36. The summed E-state index contributed by atoms with van der Waals surface area (Å²) >= 11 is 6.38. The summed E-state index contributed by atoms with van der Waals surface area (Å²) < 4.78 is 5.32. The van der Waals surface area contributed by atoms with E-state index < -0.39 is 0 Å². The predicted octanol–water partition coefficient (Wildman–Crippen LogP) is 3.32. The molecule has 0 spiro atoms. The Kier molecular flexibility index (Phi) is 4.26. The van der Waals surface area contributed by atoms with E-state index in [-0.39, 0.29) is 5.54 Å². The highest BCUT2D eigenvalue weighted by Crippen LogP contribution is 2.34. The van der Waals surface area contributed by atoms with Crippen LogP contribution in [0.4, 0.5) is 5.69 Å². The van der Waals surface area contributed by atoms with Crippen molar-refractivity contribution in [3.63, 3.8) is 0 Å². The lowest BCUT2D eigenvalue weighted by Gasteiger charge is -2.46. The van der Waals surface area contributed by atoms with Gasteiger partial charge in [0.2, 0.25) is 0 Å². The van der Waals surface area contributed by atoms with Crippen molar-refractivity contribution >= 4 is 17.3 Å². The van der Waals surface area contributed by atoms with Gasteiger partial charge >= 0.3 is 0 Å². The monoisotopic (exact) mass is 282 g/mol. The van der Waals surface area contributed by atoms with E-state index in [9.17, 15) is 0 Å². The molecule has 1 fully saturated rings. The predicted molar refractivity (Wildman–Crippen MR) is 81.5 cm³/mol. The summed E-state index contributed by atoms with van der Waals surface area (Å²) in [7, 11) is 1.69. The molecular weight excluding hydrogens is 260 g/mol. The summed E-state index contributed by atoms with van der Waals surface area (Å²) in [6, 6.07) is 6.32. The molecule has 106 valence electrons. The number of nitrogens with zero attached hydrogens (tertiary/aromatic N) is 1. The molecule has 0 aliphatic carbocycles. The molecular formula is C15H23ClN2O. The number of rotatable bonds is 3. The van der Waals surface area contributed by atoms with Crippen molar-refractivity contribution in [2.45, 2.75) is 38.8 Å². The van der Waals surface area contributed by atoms with E-state index in [1.54, 1.807) is 7.11 Å². The van der Waals surface area contributed by atoms with Crippen molar-refractivity contribution in [1.82, 2.24) is 5.32 Å². The Labute approximate surface area is 120 Å². The zero-order valence-corrected chi connectivity index (χ0v) is 12.9. The average Bonchev–Trinajstić information content (AvgIpc) is 2.38. The maximum absolute atomic E-state index is 6.38. The topological polar surface area (TPSA) is 24.5 Å². The zero-order valence-electron chi connectivity index (χ0n) is 12.2. The van der Waals surface area contributed by atoms with E-state index in [1.165, 1.54) is 0 Å². The molecule has 1 aliphatic heterocycles. The normalized spacial score (nSPS) is 22.4. The molecule has 2 rings (SSSR count). The third kappa shape index (κ3) is 3.15. The highest BCUT2D eigenvalue weighted by molar-refractivity contribution is 6.33. The molecule has 19 heavy (non-hydrogen) atoms. The van der Waals surface area contributed by atoms with Crippen molar-refractivity contribution in [3.8, 4) is 5.75 Å². The van der Waals surface area contributed by atoms with Crippen LogP contribution in [0, 0.1) is 0 Å². The summed E-state index contributed by atoms with van der Waals surface area (Å²) in [5, 5.41) is 4.38. The lowest BCUT2D eigenvalue weighted by molar-refractivity contribution is 0.306. The van der Waals surface area contributed by atoms with Crippen molar-refractivity contribution in [1.29, 1.82) is 0 Å². The first-order chi connectivity index (χ1) is 8.96. The highest BCUT2D eigenvalue weighted by atomic mass is 35.5. The van der Waals surface area contributed by atoms with Crippen LogP contribution in [-0.4, -0.2) is 31.8 Å². The summed E-state index contributed by atoms with van der Waals surface area (Å²) in [5.74, 6) is 0.852. The van der Waals surface area contributed by atoms with Gasteiger partial charge in [-0.05, 0) is 32.4 Å². The molecule has 0 amide bonds. The number of benzene rings is 1. The minimum atomic E-state index is 0.0953. The van der Waals surface area contributed by atoms with Gasteiger partial charge in [-0.25, -0.2) is 0 Å². The minimum absolute atomic E-state index is 0.0953. The number of hydrogen-bond acceptors (Lipinski definition) is 3. The largest absolute Gasteiger partial charge is 0.497 e. The molecule has 0 aromatic heterocycles. The Hall–Kier alpha value is -0.930. The fourth-order valence-corrected chi connectivity index (χ4v) is 2.83. The first-order valence-corrected chi connectivity index (χ1v) is 7.20. The van der Waals surface area contributed by atoms with E-state index in [1.807, 2.05) is 18.2 Å². The van der Waals surface area contributed by atoms with Gasteiger partial charge in [0.25, 0.3) is 0 Å². The average molecular weight is 283 g/mol. The second-order valence-electron chi connectivity index (χ2n) is 5.77.